The molecule has 20 heavy (non-hydrogen) atoms. The molecule has 0 spiro atoms. The van der Waals surface area contributed by atoms with Gasteiger partial charge in [-0.1, -0.05) is 27.2 Å². The maximum absolute atomic E-state index is 6.04. The van der Waals surface area contributed by atoms with Gasteiger partial charge in [0, 0.05) is 17.1 Å². The second-order valence-electron chi connectivity index (χ2n) is 7.43. The molecule has 0 aromatic rings. The van der Waals surface area contributed by atoms with E-state index in [0.29, 0.717) is 16.8 Å². The molecule has 5 atom stereocenters. The molecule has 0 radical (unpaired) electrons. The number of hydrogen-bond donors (Lipinski definition) is 1. The zero-order valence-electron chi connectivity index (χ0n) is 13.7. The molecule has 0 amide bonds. The molecule has 1 aliphatic heterocycles. The molecule has 2 fully saturated rings. The average molecular weight is 300 g/mol. The molecule has 2 N–H and O–H groups in total. The van der Waals surface area contributed by atoms with Crippen LogP contribution in [0.15, 0.2) is 0 Å². The smallest absolute Gasteiger partial charge is 0.0666 e. The first-order valence-electron chi connectivity index (χ1n) is 8.45. The molecule has 2 rings (SSSR count). The molecule has 1 heterocycles. The van der Waals surface area contributed by atoms with Crippen molar-refractivity contribution < 1.29 is 4.74 Å². The van der Waals surface area contributed by atoms with E-state index < -0.39 is 0 Å². The average Bonchev–Trinajstić information content (AvgIpc) is 2.84. The van der Waals surface area contributed by atoms with Crippen molar-refractivity contribution in [1.82, 2.24) is 0 Å². The SMILES string of the molecule is CCC(C)(C)C1CCC(CN)C(SC2CCOC2C)C1. The molecule has 118 valence electrons. The topological polar surface area (TPSA) is 35.2 Å². The van der Waals surface area contributed by atoms with Crippen LogP contribution in [0.25, 0.3) is 0 Å². The van der Waals surface area contributed by atoms with Gasteiger partial charge >= 0.3 is 0 Å². The van der Waals surface area contributed by atoms with Crippen LogP contribution in [-0.2, 0) is 4.74 Å². The Labute approximate surface area is 129 Å². The van der Waals surface area contributed by atoms with E-state index in [1.165, 1.54) is 32.1 Å². The van der Waals surface area contributed by atoms with E-state index in [0.717, 1.165) is 30.2 Å². The van der Waals surface area contributed by atoms with Crippen molar-refractivity contribution >= 4 is 11.8 Å². The third-order valence-electron chi connectivity index (χ3n) is 5.90. The lowest BCUT2D eigenvalue weighted by Crippen LogP contribution is -2.38. The van der Waals surface area contributed by atoms with Crippen LogP contribution in [0.2, 0.25) is 0 Å². The standard InChI is InChI=1S/C17H33NOS/c1-5-17(3,4)14-7-6-13(11-18)16(10-14)20-15-8-9-19-12(15)2/h12-16H,5-11,18H2,1-4H3. The number of hydrogen-bond acceptors (Lipinski definition) is 3. The summed E-state index contributed by atoms with van der Waals surface area (Å²) in [6.07, 6.45) is 6.99. The van der Waals surface area contributed by atoms with Gasteiger partial charge in [-0.05, 0) is 56.4 Å². The summed E-state index contributed by atoms with van der Waals surface area (Å²) in [5.41, 5.74) is 6.53. The first-order valence-corrected chi connectivity index (χ1v) is 9.39. The van der Waals surface area contributed by atoms with E-state index in [2.05, 4.69) is 39.5 Å². The Morgan fingerprint density at radius 3 is 2.50 bits per heavy atom. The van der Waals surface area contributed by atoms with Gasteiger partial charge in [0.05, 0.1) is 6.10 Å². The Balaban J connectivity index is 1.99. The molecule has 2 aliphatic rings. The maximum Gasteiger partial charge on any atom is 0.0666 e. The summed E-state index contributed by atoms with van der Waals surface area (Å²) < 4.78 is 5.74. The zero-order valence-corrected chi connectivity index (χ0v) is 14.5. The first kappa shape index (κ1) is 16.6. The summed E-state index contributed by atoms with van der Waals surface area (Å²) in [5.74, 6) is 1.59. The second kappa shape index (κ2) is 7.02. The molecular weight excluding hydrogens is 266 g/mol. The van der Waals surface area contributed by atoms with Crippen molar-refractivity contribution in [2.45, 2.75) is 76.4 Å². The quantitative estimate of drug-likeness (QED) is 0.831. The van der Waals surface area contributed by atoms with Gasteiger partial charge in [0.1, 0.15) is 0 Å². The van der Waals surface area contributed by atoms with Crippen molar-refractivity contribution in [2.24, 2.45) is 23.0 Å². The van der Waals surface area contributed by atoms with Gasteiger partial charge in [0.2, 0.25) is 0 Å². The lowest BCUT2D eigenvalue weighted by atomic mass is 9.67. The van der Waals surface area contributed by atoms with E-state index in [-0.39, 0.29) is 0 Å². The van der Waals surface area contributed by atoms with Gasteiger partial charge in [0.25, 0.3) is 0 Å². The van der Waals surface area contributed by atoms with Crippen LogP contribution in [0.3, 0.4) is 0 Å². The van der Waals surface area contributed by atoms with Crippen molar-refractivity contribution in [3.05, 3.63) is 0 Å². The fraction of sp³-hybridized carbons (Fsp3) is 1.00. The highest BCUT2D eigenvalue weighted by atomic mass is 32.2. The minimum absolute atomic E-state index is 0.429. The van der Waals surface area contributed by atoms with Crippen LogP contribution in [0, 0.1) is 17.3 Å². The number of rotatable bonds is 5. The second-order valence-corrected chi connectivity index (χ2v) is 8.91. The molecular formula is C17H33NOS. The molecule has 0 aromatic heterocycles. The van der Waals surface area contributed by atoms with Crippen molar-refractivity contribution in [1.29, 1.82) is 0 Å². The lowest BCUT2D eigenvalue weighted by Gasteiger charge is -2.43. The van der Waals surface area contributed by atoms with Crippen LogP contribution in [0.1, 0.15) is 59.8 Å². The van der Waals surface area contributed by atoms with E-state index in [4.69, 9.17) is 10.5 Å². The highest BCUT2D eigenvalue weighted by Gasteiger charge is 2.39. The Morgan fingerprint density at radius 2 is 1.95 bits per heavy atom. The number of thioether (sulfide) groups is 1. The third kappa shape index (κ3) is 3.72. The number of nitrogens with two attached hydrogens (primary N) is 1. The van der Waals surface area contributed by atoms with Gasteiger partial charge in [0.15, 0.2) is 0 Å². The summed E-state index contributed by atoms with van der Waals surface area (Å²) in [6.45, 7) is 11.3. The lowest BCUT2D eigenvalue weighted by molar-refractivity contribution is 0.125. The fourth-order valence-electron chi connectivity index (χ4n) is 3.74. The minimum Gasteiger partial charge on any atom is -0.377 e. The fourth-order valence-corrected chi connectivity index (χ4v) is 5.54. The van der Waals surface area contributed by atoms with E-state index in [1.54, 1.807) is 0 Å². The molecule has 1 saturated heterocycles. The van der Waals surface area contributed by atoms with Crippen molar-refractivity contribution in [3.8, 4) is 0 Å². The molecule has 2 nitrogen and oxygen atoms in total. The Bertz CT molecular complexity index is 307. The van der Waals surface area contributed by atoms with Gasteiger partial charge in [-0.3, -0.25) is 0 Å². The van der Waals surface area contributed by atoms with Crippen molar-refractivity contribution in [2.75, 3.05) is 13.2 Å². The van der Waals surface area contributed by atoms with E-state index >= 15 is 0 Å². The Kier molecular flexibility index (Phi) is 5.84. The maximum atomic E-state index is 6.04. The summed E-state index contributed by atoms with van der Waals surface area (Å²) >= 11 is 2.19. The van der Waals surface area contributed by atoms with Crippen LogP contribution in [0.5, 0.6) is 0 Å². The van der Waals surface area contributed by atoms with Gasteiger partial charge < -0.3 is 10.5 Å². The normalized spacial score (nSPS) is 39.1. The largest absolute Gasteiger partial charge is 0.377 e. The molecule has 3 heteroatoms. The van der Waals surface area contributed by atoms with Gasteiger partial charge in [-0.2, -0.15) is 11.8 Å². The minimum atomic E-state index is 0.429. The molecule has 1 aliphatic carbocycles. The van der Waals surface area contributed by atoms with E-state index in [1.807, 2.05) is 0 Å². The monoisotopic (exact) mass is 299 g/mol. The van der Waals surface area contributed by atoms with Crippen LogP contribution in [0.4, 0.5) is 0 Å². The third-order valence-corrected chi connectivity index (χ3v) is 7.80. The zero-order chi connectivity index (χ0) is 14.8. The first-order chi connectivity index (χ1) is 9.47. The molecule has 5 unspecified atom stereocenters. The van der Waals surface area contributed by atoms with Crippen molar-refractivity contribution in [3.63, 3.8) is 0 Å². The molecule has 1 saturated carbocycles. The summed E-state index contributed by atoms with van der Waals surface area (Å²) in [6, 6.07) is 0. The Hall–Kier alpha value is 0.270. The van der Waals surface area contributed by atoms with Crippen LogP contribution >= 0.6 is 11.8 Å². The van der Waals surface area contributed by atoms with E-state index in [9.17, 15) is 0 Å². The highest BCUT2D eigenvalue weighted by Crippen LogP contribution is 2.47. The summed E-state index contributed by atoms with van der Waals surface area (Å²) in [7, 11) is 0. The van der Waals surface area contributed by atoms with Gasteiger partial charge in [-0.25, -0.2) is 0 Å². The predicted octanol–water partition coefficient (Wildman–Crippen LogP) is 4.08. The van der Waals surface area contributed by atoms with Crippen LogP contribution in [-0.4, -0.2) is 29.8 Å². The number of ether oxygens (including phenoxy) is 1. The molecule has 0 aromatic carbocycles. The summed E-state index contributed by atoms with van der Waals surface area (Å²) in [4.78, 5) is 0. The highest BCUT2D eigenvalue weighted by molar-refractivity contribution is 8.00. The Morgan fingerprint density at radius 1 is 1.20 bits per heavy atom. The molecule has 0 bridgehead atoms. The van der Waals surface area contributed by atoms with Gasteiger partial charge in [-0.15, -0.1) is 0 Å². The van der Waals surface area contributed by atoms with Crippen LogP contribution < -0.4 is 5.73 Å². The summed E-state index contributed by atoms with van der Waals surface area (Å²) in [5, 5.41) is 1.44. The predicted molar refractivity (Wildman–Crippen MR) is 89.2 cm³/mol.